The maximum atomic E-state index is 3.98. The van der Waals surface area contributed by atoms with E-state index in [1.165, 1.54) is 5.19 Å². The van der Waals surface area contributed by atoms with Crippen molar-refractivity contribution in [2.45, 2.75) is 13.1 Å². The third-order valence-corrected chi connectivity index (χ3v) is 6.09. The van der Waals surface area contributed by atoms with Gasteiger partial charge in [0.15, 0.2) is 8.24 Å². The second-order valence-electron chi connectivity index (χ2n) is 3.62. The van der Waals surface area contributed by atoms with Crippen LogP contribution in [0.5, 0.6) is 0 Å². The highest BCUT2D eigenvalue weighted by atomic mass is 28.3. The molecule has 0 aliphatic heterocycles. The number of nitrogens with zero attached hydrogens (tertiary/aromatic N) is 1. The van der Waals surface area contributed by atoms with Gasteiger partial charge in [-0.1, -0.05) is 43.4 Å². The van der Waals surface area contributed by atoms with Gasteiger partial charge in [0, 0.05) is 7.05 Å². The van der Waals surface area contributed by atoms with Crippen molar-refractivity contribution in [2.24, 2.45) is 0 Å². The fraction of sp³-hybridized carbons (Fsp3) is 0.300. The standard InChI is InChI=1S/C10H16NSi/c1-11(2)12(3,4)10-8-6-5-7-9-10/h5-9H,1H2,2-4H3. The summed E-state index contributed by atoms with van der Waals surface area (Å²) >= 11 is 0. The van der Waals surface area contributed by atoms with Crippen LogP contribution in [0.2, 0.25) is 13.1 Å². The lowest BCUT2D eigenvalue weighted by atomic mass is 10.4. The molecule has 0 saturated heterocycles. The quantitative estimate of drug-likeness (QED) is 0.624. The molecule has 0 unspecified atom stereocenters. The lowest BCUT2D eigenvalue weighted by molar-refractivity contribution is 0.693. The minimum absolute atomic E-state index is 1.43. The highest BCUT2D eigenvalue weighted by molar-refractivity contribution is 6.87. The van der Waals surface area contributed by atoms with Crippen LogP contribution in [-0.4, -0.2) is 19.8 Å². The molecule has 0 atom stereocenters. The molecule has 0 heterocycles. The molecule has 0 saturated carbocycles. The molecule has 0 aliphatic carbocycles. The van der Waals surface area contributed by atoms with E-state index in [2.05, 4.69) is 62.1 Å². The number of benzene rings is 1. The van der Waals surface area contributed by atoms with Crippen molar-refractivity contribution in [3.05, 3.63) is 37.4 Å². The van der Waals surface area contributed by atoms with Gasteiger partial charge in [-0.15, -0.1) is 0 Å². The molecule has 1 aromatic rings. The fourth-order valence-electron chi connectivity index (χ4n) is 1.07. The molecule has 1 rings (SSSR count). The second kappa shape index (κ2) is 3.41. The monoisotopic (exact) mass is 178 g/mol. The Hall–Kier alpha value is -0.603. The summed E-state index contributed by atoms with van der Waals surface area (Å²) in [6.07, 6.45) is 0. The van der Waals surface area contributed by atoms with Crippen molar-refractivity contribution in [1.82, 2.24) is 4.57 Å². The maximum Gasteiger partial charge on any atom is 0.153 e. The zero-order valence-corrected chi connectivity index (χ0v) is 9.04. The highest BCUT2D eigenvalue weighted by Gasteiger charge is 2.25. The maximum absolute atomic E-state index is 3.98. The molecular weight excluding hydrogens is 162 g/mol. The molecule has 0 aromatic heterocycles. The Morgan fingerprint density at radius 2 is 1.67 bits per heavy atom. The van der Waals surface area contributed by atoms with E-state index in [1.807, 2.05) is 0 Å². The Morgan fingerprint density at radius 3 is 2.08 bits per heavy atom. The predicted molar refractivity (Wildman–Crippen MR) is 56.7 cm³/mol. The summed E-state index contributed by atoms with van der Waals surface area (Å²) in [6.45, 7) is 4.60. The van der Waals surface area contributed by atoms with Crippen LogP contribution in [0.3, 0.4) is 0 Å². The van der Waals surface area contributed by atoms with E-state index in [4.69, 9.17) is 0 Å². The molecule has 0 aliphatic rings. The summed E-state index contributed by atoms with van der Waals surface area (Å²) in [4.78, 5) is 0. The van der Waals surface area contributed by atoms with Gasteiger partial charge in [-0.05, 0) is 12.2 Å². The van der Waals surface area contributed by atoms with Gasteiger partial charge in [0.25, 0.3) is 0 Å². The molecule has 1 nitrogen and oxygen atoms in total. The summed E-state index contributed by atoms with van der Waals surface area (Å²) in [7, 11) is 4.60. The van der Waals surface area contributed by atoms with E-state index in [1.54, 1.807) is 0 Å². The zero-order valence-electron chi connectivity index (χ0n) is 8.04. The largest absolute Gasteiger partial charge is 0.322 e. The smallest absolute Gasteiger partial charge is 0.153 e. The molecule has 1 aromatic carbocycles. The van der Waals surface area contributed by atoms with Crippen LogP contribution in [0.1, 0.15) is 0 Å². The van der Waals surface area contributed by atoms with E-state index in [0.717, 1.165) is 0 Å². The summed E-state index contributed by atoms with van der Waals surface area (Å²) in [6, 6.07) is 10.6. The van der Waals surface area contributed by atoms with E-state index < -0.39 is 8.24 Å². The summed E-state index contributed by atoms with van der Waals surface area (Å²) < 4.78 is 2.11. The average Bonchev–Trinajstić information content (AvgIpc) is 2.06. The van der Waals surface area contributed by atoms with Crippen LogP contribution >= 0.6 is 0 Å². The first-order valence-corrected chi connectivity index (χ1v) is 7.09. The lowest BCUT2D eigenvalue weighted by Crippen LogP contribution is -2.53. The molecule has 0 amide bonds. The normalized spacial score (nSPS) is 12.1. The summed E-state index contributed by atoms with van der Waals surface area (Å²) in [5.74, 6) is 0. The van der Waals surface area contributed by atoms with Crippen LogP contribution in [0, 0.1) is 7.05 Å². The fourth-order valence-corrected chi connectivity index (χ4v) is 2.52. The van der Waals surface area contributed by atoms with Gasteiger partial charge in [0.05, 0.1) is 0 Å². The van der Waals surface area contributed by atoms with Crippen LogP contribution < -0.4 is 5.19 Å². The Morgan fingerprint density at radius 1 is 1.17 bits per heavy atom. The van der Waals surface area contributed by atoms with Gasteiger partial charge in [-0.3, -0.25) is 0 Å². The Labute approximate surface area is 76.1 Å². The van der Waals surface area contributed by atoms with Crippen molar-refractivity contribution in [1.29, 1.82) is 0 Å². The Kier molecular flexibility index (Phi) is 2.70. The van der Waals surface area contributed by atoms with Crippen molar-refractivity contribution in [3.8, 4) is 0 Å². The molecule has 0 fully saturated rings. The molecule has 2 heteroatoms. The Bertz CT molecular complexity index is 241. The molecule has 65 valence electrons. The number of hydrogen-bond donors (Lipinski definition) is 0. The first-order valence-electron chi connectivity index (χ1n) is 4.15. The first-order chi connectivity index (χ1) is 5.55. The Balaban J connectivity index is 2.98. The van der Waals surface area contributed by atoms with Crippen molar-refractivity contribution < 1.29 is 0 Å². The van der Waals surface area contributed by atoms with Gasteiger partial charge in [-0.25, -0.2) is 0 Å². The van der Waals surface area contributed by atoms with Crippen molar-refractivity contribution in [3.63, 3.8) is 0 Å². The van der Waals surface area contributed by atoms with Crippen molar-refractivity contribution in [2.75, 3.05) is 7.05 Å². The number of rotatable bonds is 2. The average molecular weight is 178 g/mol. The van der Waals surface area contributed by atoms with Crippen LogP contribution in [-0.2, 0) is 0 Å². The molecular formula is C10H16NSi. The summed E-state index contributed by atoms with van der Waals surface area (Å²) in [5, 5.41) is 1.43. The van der Waals surface area contributed by atoms with Crippen LogP contribution in [0.4, 0.5) is 0 Å². The molecule has 12 heavy (non-hydrogen) atoms. The van der Waals surface area contributed by atoms with Gasteiger partial charge in [0.1, 0.15) is 0 Å². The van der Waals surface area contributed by atoms with Crippen LogP contribution in [0.15, 0.2) is 30.3 Å². The topological polar surface area (TPSA) is 3.24 Å². The second-order valence-corrected chi connectivity index (χ2v) is 8.08. The van der Waals surface area contributed by atoms with Crippen molar-refractivity contribution >= 4 is 13.4 Å². The molecule has 0 N–H and O–H groups in total. The van der Waals surface area contributed by atoms with Gasteiger partial charge >= 0.3 is 0 Å². The van der Waals surface area contributed by atoms with Gasteiger partial charge in [-0.2, -0.15) is 0 Å². The summed E-state index contributed by atoms with van der Waals surface area (Å²) in [5.41, 5.74) is 0. The minimum Gasteiger partial charge on any atom is -0.322 e. The SMILES string of the molecule is [CH2]N(C)[Si](C)(C)c1ccccc1. The van der Waals surface area contributed by atoms with Gasteiger partial charge < -0.3 is 4.57 Å². The zero-order chi connectivity index (χ0) is 9.19. The van der Waals surface area contributed by atoms with E-state index in [9.17, 15) is 0 Å². The molecule has 0 bridgehead atoms. The molecule has 1 radical (unpaired) electrons. The van der Waals surface area contributed by atoms with Gasteiger partial charge in [0.2, 0.25) is 0 Å². The third-order valence-electron chi connectivity index (χ3n) is 2.43. The van der Waals surface area contributed by atoms with E-state index >= 15 is 0 Å². The predicted octanol–water partition coefficient (Wildman–Crippen LogP) is 1.82. The highest BCUT2D eigenvalue weighted by Crippen LogP contribution is 2.05. The van der Waals surface area contributed by atoms with E-state index in [0.29, 0.717) is 0 Å². The first kappa shape index (κ1) is 9.48. The minimum atomic E-state index is -1.43. The third kappa shape index (κ3) is 1.76. The van der Waals surface area contributed by atoms with E-state index in [-0.39, 0.29) is 0 Å². The molecule has 0 spiro atoms. The number of hydrogen-bond acceptors (Lipinski definition) is 1. The lowest BCUT2D eigenvalue weighted by Gasteiger charge is -2.30. The van der Waals surface area contributed by atoms with Crippen LogP contribution in [0.25, 0.3) is 0 Å².